The smallest absolute Gasteiger partial charge is 0.305 e. The summed E-state index contributed by atoms with van der Waals surface area (Å²) in [4.78, 5) is 11.7. The van der Waals surface area contributed by atoms with Crippen molar-refractivity contribution < 1.29 is 9.90 Å². The average molecular weight is 294 g/mol. The SMILES string of the molecule is CC(CC(=O)O)n1nnnc1-c1cc2sccc2s1. The molecule has 3 heterocycles. The Labute approximate surface area is 116 Å². The van der Waals surface area contributed by atoms with Crippen LogP contribution < -0.4 is 0 Å². The first-order valence-corrected chi connectivity index (χ1v) is 7.32. The number of aliphatic carboxylic acids is 1. The molecule has 0 saturated carbocycles. The zero-order valence-corrected chi connectivity index (χ0v) is 11.6. The number of rotatable bonds is 4. The average Bonchev–Trinajstić information content (AvgIpc) is 3.02. The van der Waals surface area contributed by atoms with Gasteiger partial charge in [-0.15, -0.1) is 27.8 Å². The van der Waals surface area contributed by atoms with E-state index < -0.39 is 5.97 Å². The van der Waals surface area contributed by atoms with Gasteiger partial charge in [0.1, 0.15) is 0 Å². The van der Waals surface area contributed by atoms with Crippen molar-refractivity contribution in [3.8, 4) is 10.7 Å². The van der Waals surface area contributed by atoms with Gasteiger partial charge in [0.15, 0.2) is 5.82 Å². The Morgan fingerprint density at radius 1 is 1.53 bits per heavy atom. The van der Waals surface area contributed by atoms with Crippen LogP contribution in [0.2, 0.25) is 0 Å². The number of hydrogen-bond acceptors (Lipinski definition) is 6. The highest BCUT2D eigenvalue weighted by molar-refractivity contribution is 7.28. The number of hydrogen-bond donors (Lipinski definition) is 1. The first-order chi connectivity index (χ1) is 9.15. The standard InChI is InChI=1S/C11H10N4O2S2/c1-6(4-10(16)17)15-11(12-13-14-15)9-5-8-7(19-9)2-3-18-8/h2-3,5-6H,4H2,1H3,(H,16,17). The van der Waals surface area contributed by atoms with Crippen molar-refractivity contribution in [1.29, 1.82) is 0 Å². The fraction of sp³-hybridized carbons (Fsp3) is 0.273. The summed E-state index contributed by atoms with van der Waals surface area (Å²) in [6.07, 6.45) is -0.00220. The van der Waals surface area contributed by atoms with Gasteiger partial charge in [-0.25, -0.2) is 4.68 Å². The van der Waals surface area contributed by atoms with E-state index in [2.05, 4.69) is 21.6 Å². The Kier molecular flexibility index (Phi) is 3.03. The highest BCUT2D eigenvalue weighted by atomic mass is 32.1. The molecule has 1 atom stereocenters. The molecule has 98 valence electrons. The molecule has 0 aromatic carbocycles. The van der Waals surface area contributed by atoms with Crippen LogP contribution >= 0.6 is 22.7 Å². The molecule has 0 fully saturated rings. The third-order valence-corrected chi connectivity index (χ3v) is 4.83. The molecule has 0 aliphatic carbocycles. The maximum Gasteiger partial charge on any atom is 0.305 e. The second-order valence-electron chi connectivity index (χ2n) is 4.15. The lowest BCUT2D eigenvalue weighted by molar-refractivity contribution is -0.137. The summed E-state index contributed by atoms with van der Waals surface area (Å²) in [5.74, 6) is -0.233. The van der Waals surface area contributed by atoms with Gasteiger partial charge in [-0.1, -0.05) is 0 Å². The van der Waals surface area contributed by atoms with E-state index in [-0.39, 0.29) is 12.5 Å². The molecule has 19 heavy (non-hydrogen) atoms. The van der Waals surface area contributed by atoms with Crippen molar-refractivity contribution in [3.05, 3.63) is 17.5 Å². The Bertz CT molecular complexity index is 701. The second-order valence-corrected chi connectivity index (χ2v) is 6.19. The minimum absolute atomic E-state index is 0.00220. The van der Waals surface area contributed by atoms with Crippen molar-refractivity contribution in [1.82, 2.24) is 20.2 Å². The van der Waals surface area contributed by atoms with Crippen molar-refractivity contribution in [2.45, 2.75) is 19.4 Å². The highest BCUT2D eigenvalue weighted by Crippen LogP contribution is 2.35. The molecule has 0 aliphatic rings. The number of thiophene rings is 2. The van der Waals surface area contributed by atoms with Gasteiger partial charge in [0.25, 0.3) is 0 Å². The van der Waals surface area contributed by atoms with Crippen molar-refractivity contribution >= 4 is 38.0 Å². The van der Waals surface area contributed by atoms with E-state index in [1.54, 1.807) is 34.3 Å². The fourth-order valence-corrected chi connectivity index (χ4v) is 3.95. The van der Waals surface area contributed by atoms with Crippen LogP contribution in [0.15, 0.2) is 17.5 Å². The number of nitrogens with zero attached hydrogens (tertiary/aromatic N) is 4. The Balaban J connectivity index is 1.99. The van der Waals surface area contributed by atoms with Gasteiger partial charge < -0.3 is 5.11 Å². The van der Waals surface area contributed by atoms with Crippen molar-refractivity contribution in [3.63, 3.8) is 0 Å². The summed E-state index contributed by atoms with van der Waals surface area (Å²) in [5.41, 5.74) is 0. The molecule has 0 aliphatic heterocycles. The van der Waals surface area contributed by atoms with Crippen LogP contribution in [0.4, 0.5) is 0 Å². The largest absolute Gasteiger partial charge is 0.481 e. The van der Waals surface area contributed by atoms with Gasteiger partial charge in [0.05, 0.1) is 17.3 Å². The third kappa shape index (κ3) is 2.24. The Hall–Kier alpha value is -1.80. The third-order valence-electron chi connectivity index (χ3n) is 2.74. The number of carbonyl (C=O) groups is 1. The minimum Gasteiger partial charge on any atom is -0.481 e. The molecule has 0 amide bonds. The van der Waals surface area contributed by atoms with Crippen LogP contribution in [0.25, 0.3) is 20.1 Å². The summed E-state index contributed by atoms with van der Waals surface area (Å²) in [7, 11) is 0. The van der Waals surface area contributed by atoms with Crippen LogP contribution in [-0.2, 0) is 4.79 Å². The molecule has 0 spiro atoms. The van der Waals surface area contributed by atoms with Crippen LogP contribution in [0.1, 0.15) is 19.4 Å². The fourth-order valence-electron chi connectivity index (χ4n) is 1.87. The van der Waals surface area contributed by atoms with E-state index in [9.17, 15) is 4.79 Å². The van der Waals surface area contributed by atoms with Crippen LogP contribution in [-0.4, -0.2) is 31.3 Å². The molecule has 8 heteroatoms. The molecule has 1 N–H and O–H groups in total. The lowest BCUT2D eigenvalue weighted by Crippen LogP contribution is -2.13. The zero-order chi connectivity index (χ0) is 13.4. The van der Waals surface area contributed by atoms with Gasteiger partial charge in [-0.2, -0.15) is 0 Å². The quantitative estimate of drug-likeness (QED) is 0.800. The van der Waals surface area contributed by atoms with E-state index in [4.69, 9.17) is 5.11 Å². The summed E-state index contributed by atoms with van der Waals surface area (Å²) in [6.45, 7) is 1.80. The van der Waals surface area contributed by atoms with E-state index in [1.165, 1.54) is 9.40 Å². The monoisotopic (exact) mass is 294 g/mol. The minimum atomic E-state index is -0.860. The van der Waals surface area contributed by atoms with Crippen LogP contribution in [0.5, 0.6) is 0 Å². The van der Waals surface area contributed by atoms with E-state index in [0.29, 0.717) is 5.82 Å². The molecule has 3 aromatic heterocycles. The normalized spacial score (nSPS) is 12.9. The lowest BCUT2D eigenvalue weighted by atomic mass is 10.2. The van der Waals surface area contributed by atoms with E-state index >= 15 is 0 Å². The van der Waals surface area contributed by atoms with Gasteiger partial charge in [0.2, 0.25) is 0 Å². The van der Waals surface area contributed by atoms with Gasteiger partial charge in [-0.3, -0.25) is 4.79 Å². The van der Waals surface area contributed by atoms with Crippen LogP contribution in [0.3, 0.4) is 0 Å². The summed E-state index contributed by atoms with van der Waals surface area (Å²) in [5, 5.41) is 22.5. The molecule has 1 unspecified atom stereocenters. The second kappa shape index (κ2) is 4.71. The summed E-state index contributed by atoms with van der Waals surface area (Å²) in [6, 6.07) is 3.83. The lowest BCUT2D eigenvalue weighted by Gasteiger charge is -2.09. The first kappa shape index (κ1) is 12.2. The van der Waals surface area contributed by atoms with Gasteiger partial charge in [-0.05, 0) is 34.9 Å². The maximum absolute atomic E-state index is 10.8. The Morgan fingerprint density at radius 2 is 2.37 bits per heavy atom. The number of carboxylic acid groups (broad SMARTS) is 1. The molecular weight excluding hydrogens is 284 g/mol. The van der Waals surface area contributed by atoms with E-state index in [1.807, 2.05) is 11.4 Å². The molecular formula is C11H10N4O2S2. The zero-order valence-electron chi connectivity index (χ0n) is 9.98. The molecule has 0 saturated heterocycles. The van der Waals surface area contributed by atoms with Gasteiger partial charge in [0, 0.05) is 9.40 Å². The molecule has 3 aromatic rings. The number of fused-ring (bicyclic) bond motifs is 1. The molecule has 6 nitrogen and oxygen atoms in total. The topological polar surface area (TPSA) is 80.9 Å². The number of carboxylic acids is 1. The number of tetrazole rings is 1. The Morgan fingerprint density at radius 3 is 3.11 bits per heavy atom. The van der Waals surface area contributed by atoms with Crippen molar-refractivity contribution in [2.75, 3.05) is 0 Å². The molecule has 3 rings (SSSR count). The van der Waals surface area contributed by atoms with Crippen molar-refractivity contribution in [2.24, 2.45) is 0 Å². The van der Waals surface area contributed by atoms with Crippen LogP contribution in [0, 0.1) is 0 Å². The predicted octanol–water partition coefficient (Wildman–Crippen LogP) is 2.65. The predicted molar refractivity (Wildman–Crippen MR) is 73.5 cm³/mol. The summed E-state index contributed by atoms with van der Waals surface area (Å²) >= 11 is 3.28. The maximum atomic E-state index is 10.8. The summed E-state index contributed by atoms with van der Waals surface area (Å²) < 4.78 is 3.96. The molecule has 0 radical (unpaired) electrons. The molecule has 0 bridgehead atoms. The number of aromatic nitrogens is 4. The highest BCUT2D eigenvalue weighted by Gasteiger charge is 2.18. The van der Waals surface area contributed by atoms with E-state index in [0.717, 1.165) is 4.88 Å². The van der Waals surface area contributed by atoms with Gasteiger partial charge >= 0.3 is 5.97 Å². The first-order valence-electron chi connectivity index (χ1n) is 5.62.